The van der Waals surface area contributed by atoms with Crippen molar-refractivity contribution >= 4 is 43.5 Å². The highest BCUT2D eigenvalue weighted by Gasteiger charge is 2.18. The first-order valence-corrected chi connectivity index (χ1v) is 9.48. The lowest BCUT2D eigenvalue weighted by atomic mass is 10.0. The Hall–Kier alpha value is -1.99. The van der Waals surface area contributed by atoms with Crippen LogP contribution in [0.3, 0.4) is 0 Å². The number of anilines is 1. The molecule has 0 fully saturated rings. The fraction of sp³-hybridized carbons (Fsp3) is 0.118. The maximum absolute atomic E-state index is 14.2. The zero-order valence-corrected chi connectivity index (χ0v) is 15.2. The second-order valence-corrected chi connectivity index (χ2v) is 7.84. The minimum atomic E-state index is -3.61. The standard InChI is InChI=1S/C17H15BrFNO3S/c1-3-11-5-7-12(8-6-11)17(21)13-9-15(19)16(10-14(13)18)20-24(22,23)4-2/h3,5-10,20H,1,4H2,2H3. The van der Waals surface area contributed by atoms with Crippen molar-refractivity contribution in [3.05, 3.63) is 70.0 Å². The van der Waals surface area contributed by atoms with Crippen molar-refractivity contribution in [1.29, 1.82) is 0 Å². The molecule has 0 saturated carbocycles. The summed E-state index contributed by atoms with van der Waals surface area (Å²) < 4.78 is 39.8. The summed E-state index contributed by atoms with van der Waals surface area (Å²) in [5, 5.41) is 0. The van der Waals surface area contributed by atoms with E-state index in [1.165, 1.54) is 13.0 Å². The molecule has 0 spiro atoms. The maximum Gasteiger partial charge on any atom is 0.232 e. The van der Waals surface area contributed by atoms with Gasteiger partial charge in [0.15, 0.2) is 5.78 Å². The quantitative estimate of drug-likeness (QED) is 0.723. The van der Waals surface area contributed by atoms with Crippen LogP contribution in [0.5, 0.6) is 0 Å². The lowest BCUT2D eigenvalue weighted by Crippen LogP contribution is -2.16. The molecule has 0 aliphatic carbocycles. The van der Waals surface area contributed by atoms with E-state index < -0.39 is 15.8 Å². The molecular weight excluding hydrogens is 397 g/mol. The summed E-state index contributed by atoms with van der Waals surface area (Å²) in [5.74, 6) is -1.37. The van der Waals surface area contributed by atoms with E-state index in [-0.39, 0.29) is 22.8 Å². The number of rotatable bonds is 6. The Kier molecular flexibility index (Phi) is 5.56. The summed E-state index contributed by atoms with van der Waals surface area (Å²) in [6.07, 6.45) is 1.65. The molecule has 2 aromatic rings. The van der Waals surface area contributed by atoms with Gasteiger partial charge >= 0.3 is 0 Å². The number of benzene rings is 2. The van der Waals surface area contributed by atoms with Crippen LogP contribution in [0.2, 0.25) is 0 Å². The zero-order chi connectivity index (χ0) is 17.9. The van der Waals surface area contributed by atoms with E-state index in [1.807, 2.05) is 0 Å². The fourth-order valence-corrected chi connectivity index (χ4v) is 3.12. The number of halogens is 2. The number of carbonyl (C=O) groups excluding carboxylic acids is 1. The molecule has 0 aliphatic heterocycles. The van der Waals surface area contributed by atoms with Crippen molar-refractivity contribution in [3.63, 3.8) is 0 Å². The van der Waals surface area contributed by atoms with Gasteiger partial charge in [-0.05, 0) is 40.5 Å². The Bertz CT molecular complexity index is 893. The van der Waals surface area contributed by atoms with Crippen LogP contribution in [0, 0.1) is 5.82 Å². The van der Waals surface area contributed by atoms with Gasteiger partial charge in [-0.1, -0.05) is 36.9 Å². The van der Waals surface area contributed by atoms with E-state index in [1.54, 1.807) is 30.3 Å². The molecule has 0 radical (unpaired) electrons. The summed E-state index contributed by atoms with van der Waals surface area (Å²) in [4.78, 5) is 12.5. The molecule has 2 rings (SSSR count). The van der Waals surface area contributed by atoms with Gasteiger partial charge < -0.3 is 0 Å². The van der Waals surface area contributed by atoms with E-state index in [4.69, 9.17) is 0 Å². The predicted octanol–water partition coefficient (Wildman–Crippen LogP) is 4.22. The summed E-state index contributed by atoms with van der Waals surface area (Å²) in [5.41, 5.74) is 1.16. The smallest absolute Gasteiger partial charge is 0.232 e. The minimum absolute atomic E-state index is 0.110. The van der Waals surface area contributed by atoms with Crippen molar-refractivity contribution < 1.29 is 17.6 Å². The highest BCUT2D eigenvalue weighted by molar-refractivity contribution is 9.10. The Balaban J connectivity index is 2.39. The Morgan fingerprint density at radius 1 is 1.29 bits per heavy atom. The third-order valence-electron chi connectivity index (χ3n) is 3.36. The van der Waals surface area contributed by atoms with Gasteiger partial charge in [-0.3, -0.25) is 9.52 Å². The molecule has 2 aromatic carbocycles. The van der Waals surface area contributed by atoms with Gasteiger partial charge in [-0.15, -0.1) is 0 Å². The lowest BCUT2D eigenvalue weighted by Gasteiger charge is -2.11. The molecule has 4 nitrogen and oxygen atoms in total. The Morgan fingerprint density at radius 3 is 2.46 bits per heavy atom. The second kappa shape index (κ2) is 7.27. The van der Waals surface area contributed by atoms with E-state index >= 15 is 0 Å². The van der Waals surface area contributed by atoms with Gasteiger partial charge in [0, 0.05) is 15.6 Å². The van der Waals surface area contributed by atoms with Gasteiger partial charge in [0.25, 0.3) is 0 Å². The molecule has 7 heteroatoms. The third kappa shape index (κ3) is 4.10. The molecule has 0 saturated heterocycles. The van der Waals surface area contributed by atoms with Crippen LogP contribution in [-0.4, -0.2) is 20.0 Å². The third-order valence-corrected chi connectivity index (χ3v) is 5.30. The van der Waals surface area contributed by atoms with E-state index in [9.17, 15) is 17.6 Å². The molecule has 0 amide bonds. The van der Waals surface area contributed by atoms with Gasteiger partial charge in [0.1, 0.15) is 5.82 Å². The number of nitrogens with one attached hydrogen (secondary N) is 1. The molecule has 0 aromatic heterocycles. The molecule has 126 valence electrons. The monoisotopic (exact) mass is 411 g/mol. The first-order chi connectivity index (χ1) is 11.3. The molecule has 1 N–H and O–H groups in total. The summed E-state index contributed by atoms with van der Waals surface area (Å²) in [6, 6.07) is 8.96. The minimum Gasteiger partial charge on any atom is -0.289 e. The maximum atomic E-state index is 14.2. The van der Waals surface area contributed by atoms with Crippen molar-refractivity contribution in [3.8, 4) is 0 Å². The second-order valence-electron chi connectivity index (χ2n) is 4.97. The largest absolute Gasteiger partial charge is 0.289 e. The van der Waals surface area contributed by atoms with Gasteiger partial charge in [-0.25, -0.2) is 12.8 Å². The fourth-order valence-electron chi connectivity index (χ4n) is 1.96. The normalized spacial score (nSPS) is 11.1. The number of hydrogen-bond acceptors (Lipinski definition) is 3. The SMILES string of the molecule is C=Cc1ccc(C(=O)c2cc(F)c(NS(=O)(=O)CC)cc2Br)cc1. The number of sulfonamides is 1. The van der Waals surface area contributed by atoms with Crippen LogP contribution in [0.15, 0.2) is 47.4 Å². The van der Waals surface area contributed by atoms with Crippen molar-refractivity contribution in [2.75, 3.05) is 10.5 Å². The van der Waals surface area contributed by atoms with Crippen LogP contribution >= 0.6 is 15.9 Å². The van der Waals surface area contributed by atoms with Gasteiger partial charge in [-0.2, -0.15) is 0 Å². The van der Waals surface area contributed by atoms with E-state index in [0.29, 0.717) is 10.0 Å². The van der Waals surface area contributed by atoms with Crippen LogP contribution in [0.4, 0.5) is 10.1 Å². The first-order valence-electron chi connectivity index (χ1n) is 7.04. The highest BCUT2D eigenvalue weighted by Crippen LogP contribution is 2.27. The number of ketones is 1. The van der Waals surface area contributed by atoms with Crippen LogP contribution < -0.4 is 4.72 Å². The van der Waals surface area contributed by atoms with Crippen LogP contribution in [0.1, 0.15) is 28.4 Å². The van der Waals surface area contributed by atoms with Crippen LogP contribution in [-0.2, 0) is 10.0 Å². The molecule has 0 bridgehead atoms. The average Bonchev–Trinajstić information content (AvgIpc) is 2.57. The first kappa shape index (κ1) is 18.4. The topological polar surface area (TPSA) is 63.2 Å². The summed E-state index contributed by atoms with van der Waals surface area (Å²) in [6.45, 7) is 5.08. The van der Waals surface area contributed by atoms with Crippen molar-refractivity contribution in [1.82, 2.24) is 0 Å². The van der Waals surface area contributed by atoms with Crippen LogP contribution in [0.25, 0.3) is 6.08 Å². The molecule has 24 heavy (non-hydrogen) atoms. The van der Waals surface area contributed by atoms with Crippen molar-refractivity contribution in [2.45, 2.75) is 6.92 Å². The lowest BCUT2D eigenvalue weighted by molar-refractivity contribution is 0.103. The van der Waals surface area contributed by atoms with Gasteiger partial charge in [0.2, 0.25) is 10.0 Å². The summed E-state index contributed by atoms with van der Waals surface area (Å²) in [7, 11) is -3.61. The molecule has 0 heterocycles. The predicted molar refractivity (Wildman–Crippen MR) is 97.1 cm³/mol. The Morgan fingerprint density at radius 2 is 1.92 bits per heavy atom. The molecule has 0 unspecified atom stereocenters. The van der Waals surface area contributed by atoms with E-state index in [0.717, 1.165) is 11.6 Å². The average molecular weight is 412 g/mol. The summed E-state index contributed by atoms with van der Waals surface area (Å²) >= 11 is 3.20. The number of carbonyl (C=O) groups is 1. The zero-order valence-electron chi connectivity index (χ0n) is 12.8. The van der Waals surface area contributed by atoms with Crippen molar-refractivity contribution in [2.24, 2.45) is 0 Å². The molecular formula is C17H15BrFNO3S. The molecule has 0 atom stereocenters. The highest BCUT2D eigenvalue weighted by atomic mass is 79.9. The number of hydrogen-bond donors (Lipinski definition) is 1. The Labute approximate surface area is 148 Å². The van der Waals surface area contributed by atoms with E-state index in [2.05, 4.69) is 27.2 Å². The van der Waals surface area contributed by atoms with Gasteiger partial charge in [0.05, 0.1) is 11.4 Å². The molecule has 0 aliphatic rings.